The van der Waals surface area contributed by atoms with Crippen LogP contribution in [0, 0.1) is 25.5 Å². The van der Waals surface area contributed by atoms with E-state index in [9.17, 15) is 18.4 Å². The Kier molecular flexibility index (Phi) is 5.73. The summed E-state index contributed by atoms with van der Waals surface area (Å²) in [5.41, 5.74) is 1.23. The number of carbonyl (C=O) groups is 1. The monoisotopic (exact) mass is 465 g/mol. The van der Waals surface area contributed by atoms with E-state index in [-0.39, 0.29) is 28.2 Å². The fraction of sp³-hybridized carbons (Fsp3) is 0.158. The molecule has 0 aliphatic carbocycles. The van der Waals surface area contributed by atoms with Crippen molar-refractivity contribution >= 4 is 21.9 Å². The molecule has 1 aromatic carbocycles. The van der Waals surface area contributed by atoms with Crippen molar-refractivity contribution in [3.63, 3.8) is 0 Å². The summed E-state index contributed by atoms with van der Waals surface area (Å²) in [5.74, 6) is -3.05. The number of carboxylic acids is 1. The highest BCUT2D eigenvalue weighted by molar-refractivity contribution is 9.10. The molecule has 2 heterocycles. The third-order valence-corrected chi connectivity index (χ3v) is 4.85. The molecule has 0 bridgehead atoms. The van der Waals surface area contributed by atoms with Gasteiger partial charge in [0.25, 0.3) is 5.56 Å². The van der Waals surface area contributed by atoms with Crippen molar-refractivity contribution in [2.75, 3.05) is 0 Å². The minimum Gasteiger partial charge on any atom is -0.487 e. The van der Waals surface area contributed by atoms with Crippen LogP contribution in [-0.4, -0.2) is 26.0 Å². The molecule has 10 heteroatoms. The molecule has 0 radical (unpaired) electrons. The van der Waals surface area contributed by atoms with Gasteiger partial charge >= 0.3 is 5.97 Å². The number of ether oxygens (including phenoxy) is 1. The highest BCUT2D eigenvalue weighted by Crippen LogP contribution is 2.37. The first kappa shape index (κ1) is 20.6. The number of aryl methyl sites for hydroxylation is 2. The molecule has 150 valence electrons. The van der Waals surface area contributed by atoms with Crippen LogP contribution in [0.3, 0.4) is 0 Å². The summed E-state index contributed by atoms with van der Waals surface area (Å²) in [5, 5.41) is 9.05. The minimum atomic E-state index is -1.28. The second-order valence-corrected chi connectivity index (χ2v) is 6.91. The number of nitrogens with zero attached hydrogens (tertiary/aromatic N) is 2. The maximum Gasteiger partial charge on any atom is 0.373 e. The lowest BCUT2D eigenvalue weighted by molar-refractivity contribution is 0.0683. The summed E-state index contributed by atoms with van der Waals surface area (Å²) < 4.78 is 32.8. The Morgan fingerprint density at radius 2 is 2.03 bits per heavy atom. The summed E-state index contributed by atoms with van der Waals surface area (Å²) >= 11 is 3.17. The van der Waals surface area contributed by atoms with Crippen molar-refractivity contribution in [1.29, 1.82) is 0 Å². The zero-order valence-electron chi connectivity index (χ0n) is 15.2. The lowest BCUT2D eigenvalue weighted by Crippen LogP contribution is -2.14. The van der Waals surface area contributed by atoms with Crippen LogP contribution in [-0.2, 0) is 6.61 Å². The van der Waals surface area contributed by atoms with E-state index in [0.717, 1.165) is 12.1 Å². The number of benzene rings is 1. The quantitative estimate of drug-likeness (QED) is 0.594. The van der Waals surface area contributed by atoms with Gasteiger partial charge in [-0.25, -0.2) is 23.5 Å². The summed E-state index contributed by atoms with van der Waals surface area (Å²) in [6, 6.07) is 3.08. The molecule has 0 aliphatic rings. The molecule has 2 aromatic heterocycles. The number of nitrogens with one attached hydrogen (secondary N) is 1. The number of aromatic nitrogens is 3. The van der Waals surface area contributed by atoms with E-state index in [0.29, 0.717) is 22.5 Å². The molecule has 0 aliphatic heterocycles. The average molecular weight is 466 g/mol. The zero-order chi connectivity index (χ0) is 21.3. The molecule has 3 rings (SSSR count). The van der Waals surface area contributed by atoms with Gasteiger partial charge in [-0.15, -0.1) is 0 Å². The van der Waals surface area contributed by atoms with Crippen LogP contribution in [0.1, 0.15) is 27.6 Å². The predicted octanol–water partition coefficient (Wildman–Crippen LogP) is 3.77. The number of hydrogen-bond acceptors (Lipinski definition) is 5. The normalized spacial score (nSPS) is 10.8. The summed E-state index contributed by atoms with van der Waals surface area (Å²) in [7, 11) is 0. The van der Waals surface area contributed by atoms with Gasteiger partial charge in [0.15, 0.2) is 0 Å². The molecular formula is C19H14BrF2N3O4. The molecule has 29 heavy (non-hydrogen) atoms. The van der Waals surface area contributed by atoms with E-state index in [2.05, 4.69) is 30.9 Å². The van der Waals surface area contributed by atoms with Gasteiger partial charge in [0.1, 0.15) is 28.5 Å². The molecule has 7 nitrogen and oxygen atoms in total. The Bertz CT molecular complexity index is 1180. The van der Waals surface area contributed by atoms with E-state index in [1.165, 1.54) is 12.3 Å². The van der Waals surface area contributed by atoms with Gasteiger partial charge in [-0.2, -0.15) is 0 Å². The first-order valence-corrected chi connectivity index (χ1v) is 9.04. The number of carboxylic acid groups (broad SMARTS) is 1. The summed E-state index contributed by atoms with van der Waals surface area (Å²) in [6.45, 7) is 2.94. The van der Waals surface area contributed by atoms with Crippen molar-refractivity contribution in [3.8, 4) is 16.9 Å². The van der Waals surface area contributed by atoms with E-state index in [4.69, 9.17) is 9.84 Å². The van der Waals surface area contributed by atoms with Gasteiger partial charge in [-0.05, 0) is 41.9 Å². The third kappa shape index (κ3) is 4.16. The van der Waals surface area contributed by atoms with E-state index in [1.807, 2.05) is 0 Å². The number of rotatable bonds is 5. The maximum absolute atomic E-state index is 13.9. The Hall–Kier alpha value is -3.14. The van der Waals surface area contributed by atoms with Crippen LogP contribution >= 0.6 is 15.9 Å². The van der Waals surface area contributed by atoms with Gasteiger partial charge in [-0.1, -0.05) is 0 Å². The lowest BCUT2D eigenvalue weighted by Gasteiger charge is -2.17. The predicted molar refractivity (Wildman–Crippen MR) is 103 cm³/mol. The van der Waals surface area contributed by atoms with Crippen molar-refractivity contribution in [1.82, 2.24) is 15.0 Å². The number of halogens is 3. The van der Waals surface area contributed by atoms with Crippen molar-refractivity contribution < 1.29 is 23.4 Å². The molecule has 0 atom stereocenters. The van der Waals surface area contributed by atoms with Crippen molar-refractivity contribution in [3.05, 3.63) is 73.6 Å². The third-order valence-electron chi connectivity index (χ3n) is 4.13. The molecule has 0 saturated carbocycles. The Balaban J connectivity index is 2.10. The molecular weight excluding hydrogens is 452 g/mol. The second kappa shape index (κ2) is 8.08. The van der Waals surface area contributed by atoms with Crippen LogP contribution in [0.2, 0.25) is 0 Å². The minimum absolute atomic E-state index is 0.0577. The van der Waals surface area contributed by atoms with E-state index < -0.39 is 23.2 Å². The van der Waals surface area contributed by atoms with Crippen LogP contribution in [0.15, 0.2) is 33.7 Å². The van der Waals surface area contributed by atoms with E-state index in [1.54, 1.807) is 13.8 Å². The molecule has 0 fully saturated rings. The van der Waals surface area contributed by atoms with Gasteiger partial charge in [-0.3, -0.25) is 4.79 Å². The number of hydrogen-bond donors (Lipinski definition) is 2. The van der Waals surface area contributed by atoms with Crippen LogP contribution < -0.4 is 10.3 Å². The first-order valence-electron chi connectivity index (χ1n) is 8.25. The largest absolute Gasteiger partial charge is 0.487 e. The molecule has 0 unspecified atom stereocenters. The number of H-pyrrole nitrogens is 1. The molecule has 0 amide bonds. The number of aromatic carboxylic acids is 1. The highest BCUT2D eigenvalue weighted by atomic mass is 79.9. The number of aromatic amines is 1. The Labute approximate surface area is 171 Å². The van der Waals surface area contributed by atoms with Crippen LogP contribution in [0.4, 0.5) is 8.78 Å². The van der Waals surface area contributed by atoms with Gasteiger partial charge in [0.05, 0.1) is 0 Å². The summed E-state index contributed by atoms with van der Waals surface area (Å²) in [4.78, 5) is 33.7. The second-order valence-electron chi connectivity index (χ2n) is 6.12. The standard InChI is InChI=1S/C19H14BrF2N3O4/c1-8-12(6-23-17(24-8)19(27)28)14-9(2)25-18(26)15(20)16(14)29-7-10-3-4-11(21)5-13(10)22/h3-6H,7H2,1-2H3,(H,25,26)(H,27,28). The van der Waals surface area contributed by atoms with Gasteiger partial charge < -0.3 is 14.8 Å². The van der Waals surface area contributed by atoms with Gasteiger partial charge in [0.2, 0.25) is 5.82 Å². The highest BCUT2D eigenvalue weighted by Gasteiger charge is 2.21. The Morgan fingerprint density at radius 1 is 1.31 bits per heavy atom. The fourth-order valence-electron chi connectivity index (χ4n) is 2.73. The maximum atomic E-state index is 13.9. The van der Waals surface area contributed by atoms with Crippen LogP contribution in [0.25, 0.3) is 11.1 Å². The topological polar surface area (TPSA) is 105 Å². The average Bonchev–Trinajstić information content (AvgIpc) is 2.65. The lowest BCUT2D eigenvalue weighted by atomic mass is 10.0. The summed E-state index contributed by atoms with van der Waals surface area (Å²) in [6.07, 6.45) is 1.31. The van der Waals surface area contributed by atoms with E-state index >= 15 is 0 Å². The smallest absolute Gasteiger partial charge is 0.373 e. The first-order chi connectivity index (χ1) is 13.7. The van der Waals surface area contributed by atoms with Crippen LogP contribution in [0.5, 0.6) is 5.75 Å². The van der Waals surface area contributed by atoms with Crippen molar-refractivity contribution in [2.24, 2.45) is 0 Å². The zero-order valence-corrected chi connectivity index (χ0v) is 16.8. The molecule has 3 aromatic rings. The number of pyridine rings is 1. The van der Waals surface area contributed by atoms with Gasteiger partial charge in [0, 0.05) is 40.3 Å². The SMILES string of the molecule is Cc1nc(C(=O)O)ncc1-c1c(C)[nH]c(=O)c(Br)c1OCc1ccc(F)cc1F. The molecule has 0 spiro atoms. The Morgan fingerprint density at radius 3 is 2.66 bits per heavy atom. The van der Waals surface area contributed by atoms with Crippen molar-refractivity contribution in [2.45, 2.75) is 20.5 Å². The fourth-order valence-corrected chi connectivity index (χ4v) is 3.15. The molecule has 0 saturated heterocycles. The molecule has 2 N–H and O–H groups in total.